The second-order valence-corrected chi connectivity index (χ2v) is 7.86. The zero-order valence-electron chi connectivity index (χ0n) is 14.3. The van der Waals surface area contributed by atoms with Crippen LogP contribution < -0.4 is 4.72 Å². The van der Waals surface area contributed by atoms with Gasteiger partial charge in [0.2, 0.25) is 10.0 Å². The van der Waals surface area contributed by atoms with Gasteiger partial charge in [0.05, 0.1) is 4.90 Å². The lowest BCUT2D eigenvalue weighted by Gasteiger charge is -2.15. The van der Waals surface area contributed by atoms with E-state index in [1.807, 2.05) is 80.6 Å². The minimum Gasteiger partial charge on any atom is -0.207 e. The van der Waals surface area contributed by atoms with Crippen LogP contribution in [-0.4, -0.2) is 8.42 Å². The topological polar surface area (TPSA) is 46.2 Å². The molecule has 4 heteroatoms. The predicted octanol–water partition coefficient (Wildman–Crippen LogP) is 4.70. The molecule has 25 heavy (non-hydrogen) atoms. The molecule has 0 saturated heterocycles. The van der Waals surface area contributed by atoms with E-state index < -0.39 is 10.0 Å². The molecule has 0 saturated carbocycles. The molecule has 3 aromatic carbocycles. The molecular weight excluding hydrogens is 330 g/mol. The Morgan fingerprint density at radius 3 is 1.92 bits per heavy atom. The van der Waals surface area contributed by atoms with Gasteiger partial charge < -0.3 is 0 Å². The van der Waals surface area contributed by atoms with E-state index in [0.717, 1.165) is 22.3 Å². The Balaban J connectivity index is 1.79. The number of aryl methyl sites for hydroxylation is 1. The van der Waals surface area contributed by atoms with E-state index in [0.29, 0.717) is 0 Å². The first kappa shape index (κ1) is 17.4. The summed E-state index contributed by atoms with van der Waals surface area (Å²) in [4.78, 5) is 0.270. The van der Waals surface area contributed by atoms with E-state index in [4.69, 9.17) is 0 Å². The highest BCUT2D eigenvalue weighted by molar-refractivity contribution is 7.89. The van der Waals surface area contributed by atoms with Crippen molar-refractivity contribution in [3.05, 3.63) is 90.0 Å². The third kappa shape index (κ3) is 4.16. The summed E-state index contributed by atoms with van der Waals surface area (Å²) in [6, 6.07) is 24.4. The maximum atomic E-state index is 12.6. The standard InChI is InChI=1S/C21H21NO2S/c1-16-8-10-18(11-9-16)17(2)22-25(23,24)21-14-12-20(13-15-21)19-6-4-3-5-7-19/h3-15,17,22H,1-2H3. The summed E-state index contributed by atoms with van der Waals surface area (Å²) in [5, 5.41) is 0. The fourth-order valence-electron chi connectivity index (χ4n) is 2.68. The SMILES string of the molecule is Cc1ccc(C(C)NS(=O)(=O)c2ccc(-c3ccccc3)cc2)cc1. The smallest absolute Gasteiger partial charge is 0.207 e. The Morgan fingerprint density at radius 1 is 0.760 bits per heavy atom. The van der Waals surface area contributed by atoms with Gasteiger partial charge in [-0.2, -0.15) is 0 Å². The molecule has 0 aliphatic rings. The quantitative estimate of drug-likeness (QED) is 0.724. The van der Waals surface area contributed by atoms with Crippen molar-refractivity contribution in [3.8, 4) is 11.1 Å². The highest BCUT2D eigenvalue weighted by Gasteiger charge is 2.18. The van der Waals surface area contributed by atoms with Crippen molar-refractivity contribution in [2.75, 3.05) is 0 Å². The van der Waals surface area contributed by atoms with Gasteiger partial charge in [-0.25, -0.2) is 13.1 Å². The lowest BCUT2D eigenvalue weighted by Crippen LogP contribution is -2.26. The Kier molecular flexibility index (Phi) is 5.02. The third-order valence-electron chi connectivity index (χ3n) is 4.18. The van der Waals surface area contributed by atoms with Crippen LogP contribution in [-0.2, 0) is 10.0 Å². The maximum Gasteiger partial charge on any atom is 0.241 e. The van der Waals surface area contributed by atoms with Crippen molar-refractivity contribution in [2.24, 2.45) is 0 Å². The van der Waals surface area contributed by atoms with Crippen LogP contribution in [0.2, 0.25) is 0 Å². The van der Waals surface area contributed by atoms with Crippen molar-refractivity contribution >= 4 is 10.0 Å². The summed E-state index contributed by atoms with van der Waals surface area (Å²) in [7, 11) is -3.57. The number of nitrogens with one attached hydrogen (secondary N) is 1. The highest BCUT2D eigenvalue weighted by atomic mass is 32.2. The fraction of sp³-hybridized carbons (Fsp3) is 0.143. The van der Waals surface area contributed by atoms with Crippen LogP contribution in [0.1, 0.15) is 24.1 Å². The van der Waals surface area contributed by atoms with Crippen molar-refractivity contribution in [1.82, 2.24) is 4.72 Å². The molecule has 0 radical (unpaired) electrons. The largest absolute Gasteiger partial charge is 0.241 e. The first-order valence-corrected chi connectivity index (χ1v) is 9.68. The highest BCUT2D eigenvalue weighted by Crippen LogP contribution is 2.22. The van der Waals surface area contributed by atoms with Crippen LogP contribution in [0.15, 0.2) is 83.8 Å². The van der Waals surface area contributed by atoms with Gasteiger partial charge in [-0.3, -0.25) is 0 Å². The average Bonchev–Trinajstić information content (AvgIpc) is 2.63. The lowest BCUT2D eigenvalue weighted by atomic mass is 10.1. The summed E-state index contributed by atoms with van der Waals surface area (Å²) in [5.74, 6) is 0. The molecule has 128 valence electrons. The first-order valence-electron chi connectivity index (χ1n) is 8.20. The molecule has 1 N–H and O–H groups in total. The molecule has 0 heterocycles. The van der Waals surface area contributed by atoms with Crippen LogP contribution in [0, 0.1) is 6.92 Å². The van der Waals surface area contributed by atoms with E-state index in [-0.39, 0.29) is 10.9 Å². The van der Waals surface area contributed by atoms with E-state index in [9.17, 15) is 8.42 Å². The molecule has 0 spiro atoms. The van der Waals surface area contributed by atoms with Gasteiger partial charge in [-0.15, -0.1) is 0 Å². The second kappa shape index (κ2) is 7.21. The molecule has 3 rings (SSSR count). The minimum absolute atomic E-state index is 0.270. The molecule has 0 aliphatic heterocycles. The van der Waals surface area contributed by atoms with Gasteiger partial charge in [-0.1, -0.05) is 72.3 Å². The molecule has 0 bridgehead atoms. The Labute approximate surface area is 149 Å². The molecular formula is C21H21NO2S. The Morgan fingerprint density at radius 2 is 1.32 bits per heavy atom. The van der Waals surface area contributed by atoms with Gasteiger partial charge in [0.15, 0.2) is 0 Å². The zero-order chi connectivity index (χ0) is 17.9. The van der Waals surface area contributed by atoms with Gasteiger partial charge in [-0.05, 0) is 42.7 Å². The van der Waals surface area contributed by atoms with Gasteiger partial charge >= 0.3 is 0 Å². The molecule has 3 nitrogen and oxygen atoms in total. The number of benzene rings is 3. The van der Waals surface area contributed by atoms with Crippen LogP contribution in [0.3, 0.4) is 0 Å². The number of rotatable bonds is 5. The van der Waals surface area contributed by atoms with Crippen molar-refractivity contribution in [1.29, 1.82) is 0 Å². The summed E-state index contributed by atoms with van der Waals surface area (Å²) in [6.07, 6.45) is 0. The summed E-state index contributed by atoms with van der Waals surface area (Å²) < 4.78 is 28.0. The molecule has 0 amide bonds. The predicted molar refractivity (Wildman–Crippen MR) is 102 cm³/mol. The van der Waals surface area contributed by atoms with Gasteiger partial charge in [0.25, 0.3) is 0 Å². The van der Waals surface area contributed by atoms with Crippen LogP contribution in [0.5, 0.6) is 0 Å². The van der Waals surface area contributed by atoms with Crippen LogP contribution in [0.25, 0.3) is 11.1 Å². The average molecular weight is 351 g/mol. The van der Waals surface area contributed by atoms with Crippen molar-refractivity contribution in [3.63, 3.8) is 0 Å². The normalized spacial score (nSPS) is 12.7. The summed E-state index contributed by atoms with van der Waals surface area (Å²) in [6.45, 7) is 3.85. The number of hydrogen-bond donors (Lipinski definition) is 1. The van der Waals surface area contributed by atoms with Gasteiger partial charge in [0.1, 0.15) is 0 Å². The van der Waals surface area contributed by atoms with Gasteiger partial charge in [0, 0.05) is 6.04 Å². The van der Waals surface area contributed by atoms with E-state index in [1.54, 1.807) is 12.1 Å². The molecule has 3 aromatic rings. The summed E-state index contributed by atoms with van der Waals surface area (Å²) in [5.41, 5.74) is 4.14. The number of hydrogen-bond acceptors (Lipinski definition) is 2. The monoisotopic (exact) mass is 351 g/mol. The fourth-order valence-corrected chi connectivity index (χ4v) is 3.91. The maximum absolute atomic E-state index is 12.6. The third-order valence-corrected chi connectivity index (χ3v) is 5.74. The minimum atomic E-state index is -3.57. The van der Waals surface area contributed by atoms with Crippen molar-refractivity contribution < 1.29 is 8.42 Å². The lowest BCUT2D eigenvalue weighted by molar-refractivity contribution is 0.567. The van der Waals surface area contributed by atoms with Crippen LogP contribution >= 0.6 is 0 Å². The van der Waals surface area contributed by atoms with E-state index in [1.165, 1.54) is 0 Å². The first-order chi connectivity index (χ1) is 12.0. The number of sulfonamides is 1. The van der Waals surface area contributed by atoms with E-state index in [2.05, 4.69) is 4.72 Å². The van der Waals surface area contributed by atoms with Crippen molar-refractivity contribution in [2.45, 2.75) is 24.8 Å². The zero-order valence-corrected chi connectivity index (χ0v) is 15.1. The Bertz CT molecular complexity index is 931. The molecule has 0 fully saturated rings. The Hall–Kier alpha value is -2.43. The molecule has 0 aromatic heterocycles. The molecule has 1 unspecified atom stereocenters. The molecule has 1 atom stereocenters. The second-order valence-electron chi connectivity index (χ2n) is 6.14. The van der Waals surface area contributed by atoms with E-state index >= 15 is 0 Å². The summed E-state index contributed by atoms with van der Waals surface area (Å²) >= 11 is 0. The van der Waals surface area contributed by atoms with Crippen LogP contribution in [0.4, 0.5) is 0 Å². The molecule has 0 aliphatic carbocycles.